The summed E-state index contributed by atoms with van der Waals surface area (Å²) in [5.41, 5.74) is 1.93. The Morgan fingerprint density at radius 2 is 1.81 bits per heavy atom. The molecule has 112 valence electrons. The highest BCUT2D eigenvalue weighted by Crippen LogP contribution is 2.19. The first-order valence-corrected chi connectivity index (χ1v) is 7.72. The molecule has 0 aliphatic heterocycles. The fourth-order valence-electron chi connectivity index (χ4n) is 1.88. The van der Waals surface area contributed by atoms with Crippen molar-refractivity contribution in [1.29, 1.82) is 0 Å². The maximum atomic E-state index is 13.6. The molecule has 0 saturated carbocycles. The van der Waals surface area contributed by atoms with Crippen molar-refractivity contribution >= 4 is 15.9 Å². The molecule has 0 aliphatic rings. The van der Waals surface area contributed by atoms with Crippen LogP contribution in [-0.4, -0.2) is 6.04 Å². The molecule has 0 fully saturated rings. The number of rotatable bonds is 6. The topological polar surface area (TPSA) is 21.3 Å². The maximum Gasteiger partial charge on any atom is 0.127 e. The zero-order valence-corrected chi connectivity index (χ0v) is 13.8. The quantitative estimate of drug-likeness (QED) is 0.816. The van der Waals surface area contributed by atoms with E-state index in [0.717, 1.165) is 15.6 Å². The lowest BCUT2D eigenvalue weighted by Gasteiger charge is -2.11. The van der Waals surface area contributed by atoms with E-state index in [1.807, 2.05) is 30.3 Å². The minimum absolute atomic E-state index is 0.274. The second-order valence-corrected chi connectivity index (χ2v) is 6.16. The predicted octanol–water partition coefficient (Wildman–Crippen LogP) is 4.67. The van der Waals surface area contributed by atoms with Crippen LogP contribution >= 0.6 is 15.9 Å². The summed E-state index contributed by atoms with van der Waals surface area (Å²) in [6.45, 7) is 5.17. The number of halogens is 2. The number of benzene rings is 2. The van der Waals surface area contributed by atoms with Crippen molar-refractivity contribution in [2.75, 3.05) is 0 Å². The Hall–Kier alpha value is -1.39. The summed E-state index contributed by atoms with van der Waals surface area (Å²) in [4.78, 5) is 0. The zero-order chi connectivity index (χ0) is 15.2. The molecular formula is C17H19BrFNO. The van der Waals surface area contributed by atoms with Crippen LogP contribution in [0.1, 0.15) is 25.0 Å². The van der Waals surface area contributed by atoms with Crippen LogP contribution in [0.5, 0.6) is 5.75 Å². The molecule has 0 atom stereocenters. The van der Waals surface area contributed by atoms with Gasteiger partial charge < -0.3 is 10.1 Å². The molecule has 0 amide bonds. The Bertz CT molecular complexity index is 584. The minimum atomic E-state index is -0.274. The van der Waals surface area contributed by atoms with Crippen LogP contribution in [0, 0.1) is 5.82 Å². The van der Waals surface area contributed by atoms with Gasteiger partial charge in [0, 0.05) is 23.1 Å². The lowest BCUT2D eigenvalue weighted by molar-refractivity contribution is 0.304. The minimum Gasteiger partial charge on any atom is -0.489 e. The van der Waals surface area contributed by atoms with Gasteiger partial charge >= 0.3 is 0 Å². The molecule has 0 saturated heterocycles. The zero-order valence-electron chi connectivity index (χ0n) is 12.2. The van der Waals surface area contributed by atoms with Crippen molar-refractivity contribution in [3.8, 4) is 5.75 Å². The third-order valence-corrected chi connectivity index (χ3v) is 3.49. The smallest absolute Gasteiger partial charge is 0.127 e. The predicted molar refractivity (Wildman–Crippen MR) is 86.8 cm³/mol. The third kappa shape index (κ3) is 5.48. The monoisotopic (exact) mass is 351 g/mol. The van der Waals surface area contributed by atoms with Crippen molar-refractivity contribution in [2.24, 2.45) is 0 Å². The standard InChI is InChI=1S/C17H19BrFNO/c1-12(2)20-10-14-7-16(19)9-17(8-14)21-11-13-3-5-15(18)6-4-13/h3-9,12,20H,10-11H2,1-2H3. The van der Waals surface area contributed by atoms with E-state index in [2.05, 4.69) is 35.1 Å². The average molecular weight is 352 g/mol. The highest BCUT2D eigenvalue weighted by atomic mass is 79.9. The van der Waals surface area contributed by atoms with E-state index in [1.165, 1.54) is 12.1 Å². The van der Waals surface area contributed by atoms with E-state index in [1.54, 1.807) is 0 Å². The summed E-state index contributed by atoms with van der Waals surface area (Å²) >= 11 is 3.39. The summed E-state index contributed by atoms with van der Waals surface area (Å²) in [5, 5.41) is 3.27. The Morgan fingerprint density at radius 3 is 2.48 bits per heavy atom. The third-order valence-electron chi connectivity index (χ3n) is 2.96. The van der Waals surface area contributed by atoms with Gasteiger partial charge in [0.2, 0.25) is 0 Å². The van der Waals surface area contributed by atoms with E-state index in [4.69, 9.17) is 4.74 Å². The van der Waals surface area contributed by atoms with Crippen LogP contribution in [-0.2, 0) is 13.2 Å². The first-order valence-electron chi connectivity index (χ1n) is 6.93. The van der Waals surface area contributed by atoms with Crippen LogP contribution in [0.25, 0.3) is 0 Å². The van der Waals surface area contributed by atoms with Crippen molar-refractivity contribution in [2.45, 2.75) is 33.0 Å². The number of ether oxygens (including phenoxy) is 1. The lowest BCUT2D eigenvalue weighted by atomic mass is 10.2. The molecule has 0 heterocycles. The fourth-order valence-corrected chi connectivity index (χ4v) is 2.14. The van der Waals surface area contributed by atoms with Crippen LogP contribution < -0.4 is 10.1 Å². The van der Waals surface area contributed by atoms with Crippen molar-refractivity contribution in [3.05, 3.63) is 63.9 Å². The lowest BCUT2D eigenvalue weighted by Crippen LogP contribution is -2.21. The summed E-state index contributed by atoms with van der Waals surface area (Å²) in [5.74, 6) is 0.280. The molecule has 0 aromatic heterocycles. The number of nitrogens with one attached hydrogen (secondary N) is 1. The van der Waals surface area contributed by atoms with Gasteiger partial charge in [-0.15, -0.1) is 0 Å². The summed E-state index contributed by atoms with van der Waals surface area (Å²) < 4.78 is 20.3. The van der Waals surface area contributed by atoms with Crippen LogP contribution in [0.3, 0.4) is 0 Å². The molecule has 2 aromatic carbocycles. The van der Waals surface area contributed by atoms with Crippen molar-refractivity contribution in [1.82, 2.24) is 5.32 Å². The Morgan fingerprint density at radius 1 is 1.10 bits per heavy atom. The number of hydrogen-bond acceptors (Lipinski definition) is 2. The van der Waals surface area contributed by atoms with Gasteiger partial charge in [-0.05, 0) is 35.4 Å². The molecule has 4 heteroatoms. The first-order chi connectivity index (χ1) is 10.0. The first kappa shape index (κ1) is 16.0. The van der Waals surface area contributed by atoms with Crippen molar-refractivity contribution < 1.29 is 9.13 Å². The van der Waals surface area contributed by atoms with Gasteiger partial charge in [0.15, 0.2) is 0 Å². The molecule has 0 spiro atoms. The Kier molecular flexibility index (Phi) is 5.76. The normalized spacial score (nSPS) is 10.9. The molecule has 2 rings (SSSR count). The van der Waals surface area contributed by atoms with Gasteiger partial charge in [-0.1, -0.05) is 41.9 Å². The molecule has 21 heavy (non-hydrogen) atoms. The van der Waals surface area contributed by atoms with Crippen LogP contribution in [0.15, 0.2) is 46.9 Å². The van der Waals surface area contributed by atoms with Gasteiger partial charge in [0.1, 0.15) is 18.2 Å². The second-order valence-electron chi connectivity index (χ2n) is 5.25. The molecular weight excluding hydrogens is 333 g/mol. The SMILES string of the molecule is CC(C)NCc1cc(F)cc(OCc2ccc(Br)cc2)c1. The largest absolute Gasteiger partial charge is 0.489 e. The Labute approximate surface area is 133 Å². The van der Waals surface area contributed by atoms with E-state index >= 15 is 0 Å². The van der Waals surface area contributed by atoms with Gasteiger partial charge in [0.05, 0.1) is 0 Å². The average Bonchev–Trinajstić information content (AvgIpc) is 2.44. The molecule has 0 unspecified atom stereocenters. The number of hydrogen-bond donors (Lipinski definition) is 1. The van der Waals surface area contributed by atoms with Gasteiger partial charge in [-0.3, -0.25) is 0 Å². The fraction of sp³-hybridized carbons (Fsp3) is 0.294. The Balaban J connectivity index is 2.00. The van der Waals surface area contributed by atoms with E-state index in [-0.39, 0.29) is 5.82 Å². The maximum absolute atomic E-state index is 13.6. The summed E-state index contributed by atoms with van der Waals surface area (Å²) in [6, 6.07) is 13.1. The van der Waals surface area contributed by atoms with Gasteiger partial charge in [0.25, 0.3) is 0 Å². The molecule has 2 nitrogen and oxygen atoms in total. The van der Waals surface area contributed by atoms with E-state index < -0.39 is 0 Å². The molecule has 2 aromatic rings. The van der Waals surface area contributed by atoms with E-state index in [0.29, 0.717) is 24.9 Å². The van der Waals surface area contributed by atoms with E-state index in [9.17, 15) is 4.39 Å². The van der Waals surface area contributed by atoms with Crippen molar-refractivity contribution in [3.63, 3.8) is 0 Å². The van der Waals surface area contributed by atoms with Crippen LogP contribution in [0.2, 0.25) is 0 Å². The summed E-state index contributed by atoms with van der Waals surface area (Å²) in [7, 11) is 0. The summed E-state index contributed by atoms with van der Waals surface area (Å²) in [6.07, 6.45) is 0. The molecule has 1 N–H and O–H groups in total. The molecule has 0 radical (unpaired) electrons. The highest BCUT2D eigenvalue weighted by Gasteiger charge is 2.03. The van der Waals surface area contributed by atoms with Gasteiger partial charge in [-0.25, -0.2) is 4.39 Å². The molecule has 0 bridgehead atoms. The van der Waals surface area contributed by atoms with Crippen LogP contribution in [0.4, 0.5) is 4.39 Å². The highest BCUT2D eigenvalue weighted by molar-refractivity contribution is 9.10. The van der Waals surface area contributed by atoms with Gasteiger partial charge in [-0.2, -0.15) is 0 Å². The molecule has 0 aliphatic carbocycles. The second kappa shape index (κ2) is 7.57.